The zero-order valence-electron chi connectivity index (χ0n) is 9.06. The van der Waals surface area contributed by atoms with E-state index in [9.17, 15) is 18.0 Å². The van der Waals surface area contributed by atoms with Crippen molar-refractivity contribution in [2.75, 3.05) is 5.33 Å². The molecule has 0 aliphatic carbocycles. The van der Waals surface area contributed by atoms with Crippen molar-refractivity contribution in [3.63, 3.8) is 0 Å². The summed E-state index contributed by atoms with van der Waals surface area (Å²) >= 11 is 6.13. The molecule has 0 N–H and O–H groups in total. The highest BCUT2D eigenvalue weighted by Gasteiger charge is 2.30. The van der Waals surface area contributed by atoms with Gasteiger partial charge in [0.2, 0.25) is 0 Å². The third-order valence-corrected chi connectivity index (χ3v) is 3.92. The van der Waals surface area contributed by atoms with Crippen molar-refractivity contribution in [1.29, 1.82) is 0 Å². The maximum atomic E-state index is 12.3. The summed E-state index contributed by atoms with van der Waals surface area (Å²) in [6.07, 6.45) is 0.327. The quantitative estimate of drug-likeness (QED) is 0.382. The van der Waals surface area contributed by atoms with Gasteiger partial charge in [-0.05, 0) is 29.5 Å². The van der Waals surface area contributed by atoms with Crippen LogP contribution in [0.4, 0.5) is 13.2 Å². The summed E-state index contributed by atoms with van der Waals surface area (Å²) < 4.78 is 36.9. The molecule has 0 fully saturated rings. The molecule has 0 atom stereocenters. The number of rotatable bonds is 5. The van der Waals surface area contributed by atoms with Crippen LogP contribution >= 0.6 is 43.6 Å². The SMILES string of the molecule is O=C(CCBr)c1ccc(SC(F)(F)F)c(CBr)c1. The lowest BCUT2D eigenvalue weighted by molar-refractivity contribution is -0.0328. The maximum Gasteiger partial charge on any atom is 0.446 e. The number of hydrogen-bond donors (Lipinski definition) is 0. The summed E-state index contributed by atoms with van der Waals surface area (Å²) in [7, 11) is 0. The lowest BCUT2D eigenvalue weighted by atomic mass is 10.1. The summed E-state index contributed by atoms with van der Waals surface area (Å²) in [5.74, 6) is -0.0855. The Morgan fingerprint density at radius 1 is 1.28 bits per heavy atom. The first-order valence-electron chi connectivity index (χ1n) is 4.91. The monoisotopic (exact) mass is 404 g/mol. The fourth-order valence-corrected chi connectivity index (χ4v) is 2.97. The molecule has 0 saturated carbocycles. The van der Waals surface area contributed by atoms with E-state index in [1.807, 2.05) is 0 Å². The third kappa shape index (κ3) is 4.93. The number of carbonyl (C=O) groups excluding carboxylic acids is 1. The summed E-state index contributed by atoms with van der Waals surface area (Å²) in [4.78, 5) is 11.8. The zero-order valence-corrected chi connectivity index (χ0v) is 13.0. The van der Waals surface area contributed by atoms with Crippen LogP contribution in [0.5, 0.6) is 0 Å². The number of carbonyl (C=O) groups is 1. The summed E-state index contributed by atoms with van der Waals surface area (Å²) in [6.45, 7) is 0. The molecule has 1 rings (SSSR count). The highest BCUT2D eigenvalue weighted by Crippen LogP contribution is 2.39. The summed E-state index contributed by atoms with van der Waals surface area (Å²) in [6, 6.07) is 4.29. The van der Waals surface area contributed by atoms with E-state index in [0.29, 0.717) is 22.9 Å². The number of benzene rings is 1. The van der Waals surface area contributed by atoms with Crippen molar-refractivity contribution < 1.29 is 18.0 Å². The van der Waals surface area contributed by atoms with Crippen LogP contribution in [0.3, 0.4) is 0 Å². The molecule has 1 nitrogen and oxygen atoms in total. The minimum absolute atomic E-state index is 0.0855. The van der Waals surface area contributed by atoms with Gasteiger partial charge in [0.1, 0.15) is 0 Å². The average molecular weight is 406 g/mol. The molecule has 18 heavy (non-hydrogen) atoms. The van der Waals surface area contributed by atoms with Gasteiger partial charge in [0, 0.05) is 27.5 Å². The Labute approximate surface area is 124 Å². The molecule has 0 unspecified atom stereocenters. The van der Waals surface area contributed by atoms with E-state index in [4.69, 9.17) is 0 Å². The van der Waals surface area contributed by atoms with Gasteiger partial charge in [0.15, 0.2) is 5.78 Å². The number of Topliss-reactive ketones (excluding diaryl/α,β-unsaturated/α-hetero) is 1. The molecule has 7 heteroatoms. The Morgan fingerprint density at radius 2 is 1.94 bits per heavy atom. The molecule has 100 valence electrons. The van der Waals surface area contributed by atoms with Crippen LogP contribution in [0.1, 0.15) is 22.3 Å². The van der Waals surface area contributed by atoms with Crippen molar-refractivity contribution >= 4 is 49.4 Å². The van der Waals surface area contributed by atoms with E-state index in [0.717, 1.165) is 0 Å². The van der Waals surface area contributed by atoms with Gasteiger partial charge in [0.25, 0.3) is 0 Å². The van der Waals surface area contributed by atoms with E-state index in [-0.39, 0.29) is 27.8 Å². The first kappa shape index (κ1) is 16.0. The average Bonchev–Trinajstić information content (AvgIpc) is 2.27. The van der Waals surface area contributed by atoms with Crippen molar-refractivity contribution in [3.8, 4) is 0 Å². The van der Waals surface area contributed by atoms with Gasteiger partial charge < -0.3 is 0 Å². The number of thioether (sulfide) groups is 1. The lowest BCUT2D eigenvalue weighted by Crippen LogP contribution is -2.03. The third-order valence-electron chi connectivity index (χ3n) is 2.07. The van der Waals surface area contributed by atoms with E-state index in [1.165, 1.54) is 18.2 Å². The van der Waals surface area contributed by atoms with E-state index in [1.54, 1.807) is 0 Å². The zero-order chi connectivity index (χ0) is 13.8. The number of hydrogen-bond acceptors (Lipinski definition) is 2. The number of alkyl halides is 5. The minimum atomic E-state index is -4.32. The predicted octanol–water partition coefficient (Wildman–Crippen LogP) is 5.16. The molecule has 0 aliphatic rings. The van der Waals surface area contributed by atoms with Crippen LogP contribution in [0.25, 0.3) is 0 Å². The van der Waals surface area contributed by atoms with Crippen LogP contribution in [-0.4, -0.2) is 16.6 Å². The Balaban J connectivity index is 3.00. The first-order chi connectivity index (χ1) is 8.37. The number of ketones is 1. The first-order valence-corrected chi connectivity index (χ1v) is 7.97. The molecule has 0 amide bonds. The molecule has 0 bridgehead atoms. The van der Waals surface area contributed by atoms with Crippen molar-refractivity contribution in [2.24, 2.45) is 0 Å². The summed E-state index contributed by atoms with van der Waals surface area (Å²) in [5, 5.41) is 0.815. The lowest BCUT2D eigenvalue weighted by Gasteiger charge is -2.10. The van der Waals surface area contributed by atoms with Gasteiger partial charge in [0.05, 0.1) is 0 Å². The van der Waals surface area contributed by atoms with Crippen LogP contribution in [-0.2, 0) is 5.33 Å². The van der Waals surface area contributed by atoms with E-state index in [2.05, 4.69) is 31.9 Å². The topological polar surface area (TPSA) is 17.1 Å². The van der Waals surface area contributed by atoms with Crippen LogP contribution in [0, 0.1) is 0 Å². The molecule has 1 aromatic rings. The smallest absolute Gasteiger partial charge is 0.294 e. The minimum Gasteiger partial charge on any atom is -0.294 e. The second kappa shape index (κ2) is 6.96. The predicted molar refractivity (Wildman–Crippen MR) is 73.7 cm³/mol. The highest BCUT2D eigenvalue weighted by molar-refractivity contribution is 9.09. The molecule has 0 saturated heterocycles. The standard InChI is InChI=1S/C11H9Br2F3OS/c12-4-3-9(17)7-1-2-10(8(5-7)6-13)18-11(14,15)16/h1-2,5H,3-4,6H2. The molecule has 0 aromatic heterocycles. The van der Waals surface area contributed by atoms with Gasteiger partial charge in [-0.15, -0.1) is 0 Å². The molecule has 0 aliphatic heterocycles. The Hall–Kier alpha value is -0.0100. The van der Waals surface area contributed by atoms with E-state index >= 15 is 0 Å². The Bertz CT molecular complexity index is 435. The van der Waals surface area contributed by atoms with Crippen molar-refractivity contribution in [1.82, 2.24) is 0 Å². The fraction of sp³-hybridized carbons (Fsp3) is 0.364. The fourth-order valence-electron chi connectivity index (χ4n) is 1.31. The Kier molecular flexibility index (Phi) is 6.20. The van der Waals surface area contributed by atoms with Gasteiger partial charge >= 0.3 is 5.51 Å². The van der Waals surface area contributed by atoms with Crippen molar-refractivity contribution in [3.05, 3.63) is 29.3 Å². The normalized spacial score (nSPS) is 11.6. The second-order valence-corrected chi connectivity index (χ2v) is 5.83. The maximum absolute atomic E-state index is 12.3. The Morgan fingerprint density at radius 3 is 2.44 bits per heavy atom. The highest BCUT2D eigenvalue weighted by atomic mass is 79.9. The molecule has 0 heterocycles. The van der Waals surface area contributed by atoms with E-state index < -0.39 is 5.51 Å². The van der Waals surface area contributed by atoms with Gasteiger partial charge in [-0.2, -0.15) is 13.2 Å². The molecular formula is C11H9Br2F3OS. The number of halogens is 5. The van der Waals surface area contributed by atoms with Crippen LogP contribution < -0.4 is 0 Å². The second-order valence-electron chi connectivity index (χ2n) is 3.37. The molecule has 0 spiro atoms. The molecule has 0 radical (unpaired) electrons. The van der Waals surface area contributed by atoms with Crippen LogP contribution in [0.15, 0.2) is 23.1 Å². The largest absolute Gasteiger partial charge is 0.446 e. The summed E-state index contributed by atoms with van der Waals surface area (Å²) in [5.41, 5.74) is -3.41. The molecule has 1 aromatic carbocycles. The van der Waals surface area contributed by atoms with Gasteiger partial charge in [-0.25, -0.2) is 0 Å². The van der Waals surface area contributed by atoms with Gasteiger partial charge in [-0.1, -0.05) is 37.9 Å². The van der Waals surface area contributed by atoms with Crippen molar-refractivity contribution in [2.45, 2.75) is 22.2 Å². The van der Waals surface area contributed by atoms with Crippen LogP contribution in [0.2, 0.25) is 0 Å². The van der Waals surface area contributed by atoms with Gasteiger partial charge in [-0.3, -0.25) is 4.79 Å². The molecular weight excluding hydrogens is 397 g/mol.